The lowest BCUT2D eigenvalue weighted by Gasteiger charge is -2.62. The first-order valence-corrected chi connectivity index (χ1v) is 15.5. The molecule has 4 fully saturated rings. The Morgan fingerprint density at radius 2 is 1.71 bits per heavy atom. The molecule has 0 heterocycles. The number of benzene rings is 1. The molecule has 4 saturated carbocycles. The molecule has 4 nitrogen and oxygen atoms in total. The predicted octanol–water partition coefficient (Wildman–Crippen LogP) is 7.48. The van der Waals surface area contributed by atoms with Crippen LogP contribution in [0.1, 0.15) is 109 Å². The first kappa shape index (κ1) is 27.9. The SMILES string of the molecule is CC(C)[C@@H](CC[C@@H](C)C1CCC2C3C(CC[C@@]21C)[C@@]1(C)CCC(=O)CC1C[C@H]3O)OC(=O)c1ccccc1. The number of rotatable bonds is 7. The number of hydrogen-bond acceptors (Lipinski definition) is 4. The number of aliphatic hydroxyl groups excluding tert-OH is 1. The highest BCUT2D eigenvalue weighted by molar-refractivity contribution is 5.89. The highest BCUT2D eigenvalue weighted by atomic mass is 16.5. The maximum absolute atomic E-state index is 12.7. The average Bonchev–Trinajstić information content (AvgIpc) is 3.24. The summed E-state index contributed by atoms with van der Waals surface area (Å²) in [5.41, 5.74) is 1.11. The summed E-state index contributed by atoms with van der Waals surface area (Å²) in [6.45, 7) is 11.7. The molecule has 0 aliphatic heterocycles. The molecule has 0 amide bonds. The van der Waals surface area contributed by atoms with Crippen molar-refractivity contribution in [3.8, 4) is 0 Å². The van der Waals surface area contributed by atoms with Crippen LogP contribution in [-0.4, -0.2) is 29.1 Å². The molecule has 38 heavy (non-hydrogen) atoms. The minimum atomic E-state index is -0.259. The Morgan fingerprint density at radius 1 is 1.00 bits per heavy atom. The normalized spacial score (nSPS) is 40.1. The fraction of sp³-hybridized carbons (Fsp3) is 0.765. The van der Waals surface area contributed by atoms with E-state index in [1.807, 2.05) is 30.3 Å². The second kappa shape index (κ2) is 10.7. The molecule has 1 aromatic carbocycles. The van der Waals surface area contributed by atoms with Crippen LogP contribution in [-0.2, 0) is 9.53 Å². The van der Waals surface area contributed by atoms with Crippen molar-refractivity contribution in [3.63, 3.8) is 0 Å². The quantitative estimate of drug-likeness (QED) is 0.377. The summed E-state index contributed by atoms with van der Waals surface area (Å²) in [4.78, 5) is 25.0. The van der Waals surface area contributed by atoms with Crippen LogP contribution < -0.4 is 0 Å². The third-order valence-electron chi connectivity index (χ3n) is 12.2. The standard InChI is InChI=1S/C34H50O4/c1-21(2)30(38-32(37)23-9-7-6-8-10-23)14-11-22(3)26-12-13-27-31-28(16-18-34(26,27)5)33(4)17-15-25(35)19-24(33)20-29(31)36/h6-10,21-22,24,26-31,36H,11-20H2,1-5H3/t22-,24?,26?,27?,28?,29-,30-,31?,33+,34-/m1/s1. The molecule has 0 radical (unpaired) electrons. The van der Waals surface area contributed by atoms with Gasteiger partial charge in [0.2, 0.25) is 0 Å². The van der Waals surface area contributed by atoms with E-state index in [-0.39, 0.29) is 34.9 Å². The number of carbonyl (C=O) groups is 2. The van der Waals surface area contributed by atoms with Crippen LogP contribution >= 0.6 is 0 Å². The Bertz CT molecular complexity index is 1000. The van der Waals surface area contributed by atoms with Gasteiger partial charge >= 0.3 is 5.97 Å². The van der Waals surface area contributed by atoms with Gasteiger partial charge in [-0.15, -0.1) is 0 Å². The number of hydrogen-bond donors (Lipinski definition) is 1. The maximum atomic E-state index is 12.7. The van der Waals surface area contributed by atoms with Gasteiger partial charge in [0, 0.05) is 12.8 Å². The van der Waals surface area contributed by atoms with Crippen LogP contribution in [0.2, 0.25) is 0 Å². The molecule has 1 N–H and O–H groups in total. The summed E-state index contributed by atoms with van der Waals surface area (Å²) in [5, 5.41) is 11.5. The number of carbonyl (C=O) groups excluding carboxylic acids is 2. The van der Waals surface area contributed by atoms with Crippen molar-refractivity contribution in [1.29, 1.82) is 0 Å². The topological polar surface area (TPSA) is 63.6 Å². The molecule has 0 aromatic heterocycles. The van der Waals surface area contributed by atoms with Crippen molar-refractivity contribution in [1.82, 2.24) is 0 Å². The summed E-state index contributed by atoms with van der Waals surface area (Å²) in [6, 6.07) is 9.33. The molecular weight excluding hydrogens is 472 g/mol. The summed E-state index contributed by atoms with van der Waals surface area (Å²) in [6.07, 6.45) is 9.80. The largest absolute Gasteiger partial charge is 0.459 e. The summed E-state index contributed by atoms with van der Waals surface area (Å²) in [7, 11) is 0. The van der Waals surface area contributed by atoms with E-state index >= 15 is 0 Å². The van der Waals surface area contributed by atoms with Crippen LogP contribution in [0.4, 0.5) is 0 Å². The van der Waals surface area contributed by atoms with Gasteiger partial charge in [0.25, 0.3) is 0 Å². The molecule has 4 aliphatic rings. The molecule has 4 aliphatic carbocycles. The van der Waals surface area contributed by atoms with Crippen LogP contribution in [0.5, 0.6) is 0 Å². The van der Waals surface area contributed by atoms with E-state index in [1.54, 1.807) is 0 Å². The third-order valence-corrected chi connectivity index (χ3v) is 12.2. The molecule has 1 aromatic rings. The summed E-state index contributed by atoms with van der Waals surface area (Å²) in [5.74, 6) is 3.57. The molecule has 0 saturated heterocycles. The predicted molar refractivity (Wildman–Crippen MR) is 150 cm³/mol. The summed E-state index contributed by atoms with van der Waals surface area (Å²) >= 11 is 0. The molecule has 4 heteroatoms. The lowest BCUT2D eigenvalue weighted by molar-refractivity contribution is -0.169. The molecule has 10 atom stereocenters. The van der Waals surface area contributed by atoms with E-state index in [9.17, 15) is 14.7 Å². The zero-order chi connectivity index (χ0) is 27.2. The minimum absolute atomic E-state index is 0.0723. The van der Waals surface area contributed by atoms with E-state index < -0.39 is 0 Å². The lowest BCUT2D eigenvalue weighted by atomic mass is 9.44. The Balaban J connectivity index is 1.25. The van der Waals surface area contributed by atoms with E-state index in [4.69, 9.17) is 4.74 Å². The van der Waals surface area contributed by atoms with Gasteiger partial charge in [0.15, 0.2) is 0 Å². The molecular formula is C34H50O4. The smallest absolute Gasteiger partial charge is 0.338 e. The molecule has 5 unspecified atom stereocenters. The van der Waals surface area contributed by atoms with Crippen molar-refractivity contribution >= 4 is 11.8 Å². The second-order valence-electron chi connectivity index (χ2n) is 14.4. The second-order valence-corrected chi connectivity index (χ2v) is 14.4. The molecule has 0 spiro atoms. The Morgan fingerprint density at radius 3 is 2.42 bits per heavy atom. The van der Waals surface area contributed by atoms with Crippen molar-refractivity contribution in [2.24, 2.45) is 52.3 Å². The lowest BCUT2D eigenvalue weighted by Crippen LogP contribution is -2.58. The van der Waals surface area contributed by atoms with Gasteiger partial charge in [-0.05, 0) is 116 Å². The van der Waals surface area contributed by atoms with Crippen molar-refractivity contribution in [2.75, 3.05) is 0 Å². The fourth-order valence-electron chi connectivity index (χ4n) is 9.92. The van der Waals surface area contributed by atoms with Crippen LogP contribution in [0.3, 0.4) is 0 Å². The van der Waals surface area contributed by atoms with Gasteiger partial charge in [0.1, 0.15) is 11.9 Å². The van der Waals surface area contributed by atoms with Crippen molar-refractivity contribution in [3.05, 3.63) is 35.9 Å². The zero-order valence-electron chi connectivity index (χ0n) is 24.3. The zero-order valence-corrected chi connectivity index (χ0v) is 24.3. The molecule has 5 rings (SSSR count). The van der Waals surface area contributed by atoms with Gasteiger partial charge in [0.05, 0.1) is 11.7 Å². The highest BCUT2D eigenvalue weighted by Gasteiger charge is 2.62. The Kier molecular flexibility index (Phi) is 7.86. The average molecular weight is 523 g/mol. The Labute approximate surface area is 230 Å². The molecule has 0 bridgehead atoms. The first-order chi connectivity index (χ1) is 18.0. The number of aliphatic hydroxyl groups is 1. The van der Waals surface area contributed by atoms with E-state index in [2.05, 4.69) is 34.6 Å². The fourth-order valence-corrected chi connectivity index (χ4v) is 9.92. The van der Waals surface area contributed by atoms with E-state index in [1.165, 1.54) is 25.7 Å². The Hall–Kier alpha value is -1.68. The van der Waals surface area contributed by atoms with Crippen molar-refractivity contribution in [2.45, 2.75) is 111 Å². The number of ether oxygens (including phenoxy) is 1. The number of Topliss-reactive ketones (excluding diaryl/α,β-unsaturated/α-hetero) is 1. The molecule has 210 valence electrons. The van der Waals surface area contributed by atoms with E-state index in [0.717, 1.165) is 32.1 Å². The number of esters is 1. The monoisotopic (exact) mass is 522 g/mol. The van der Waals surface area contributed by atoms with Gasteiger partial charge < -0.3 is 9.84 Å². The first-order valence-electron chi connectivity index (χ1n) is 15.5. The van der Waals surface area contributed by atoms with Crippen LogP contribution in [0.25, 0.3) is 0 Å². The van der Waals surface area contributed by atoms with Gasteiger partial charge in [-0.3, -0.25) is 4.79 Å². The van der Waals surface area contributed by atoms with E-state index in [0.29, 0.717) is 53.3 Å². The minimum Gasteiger partial charge on any atom is -0.459 e. The maximum Gasteiger partial charge on any atom is 0.338 e. The van der Waals surface area contributed by atoms with Gasteiger partial charge in [-0.1, -0.05) is 52.8 Å². The number of fused-ring (bicyclic) bond motifs is 5. The van der Waals surface area contributed by atoms with Crippen molar-refractivity contribution < 1.29 is 19.4 Å². The highest BCUT2D eigenvalue weighted by Crippen LogP contribution is 2.68. The van der Waals surface area contributed by atoms with Gasteiger partial charge in [-0.25, -0.2) is 4.79 Å². The van der Waals surface area contributed by atoms with Crippen LogP contribution in [0.15, 0.2) is 30.3 Å². The van der Waals surface area contributed by atoms with Gasteiger partial charge in [-0.2, -0.15) is 0 Å². The third kappa shape index (κ3) is 4.88. The van der Waals surface area contributed by atoms with Crippen LogP contribution in [0, 0.1) is 52.3 Å². The summed E-state index contributed by atoms with van der Waals surface area (Å²) < 4.78 is 6.00. The number of ketones is 1.